The van der Waals surface area contributed by atoms with E-state index in [-0.39, 0.29) is 0 Å². The molecule has 0 bridgehead atoms. The lowest BCUT2D eigenvalue weighted by molar-refractivity contribution is 0.583. The van der Waals surface area contributed by atoms with Crippen LogP contribution in [-0.4, -0.2) is 44.5 Å². The first-order valence-electron chi connectivity index (χ1n) is 6.04. The summed E-state index contributed by atoms with van der Waals surface area (Å²) in [5, 5.41) is 3.42. The van der Waals surface area contributed by atoms with E-state index >= 15 is 0 Å². The Hall–Kier alpha value is 0.270. The smallest absolute Gasteiger partial charge is 0.250 e. The molecular weight excluding hydrogens is 320 g/mol. The first-order chi connectivity index (χ1) is 9.12. The second-order valence-electron chi connectivity index (χ2n) is 4.17. The molecule has 1 aliphatic rings. The first kappa shape index (κ1) is 15.7. The minimum absolute atomic E-state index is 0.394. The normalized spacial score (nSPS) is 20.6. The van der Waals surface area contributed by atoms with E-state index in [0.29, 0.717) is 22.5 Å². The van der Waals surface area contributed by atoms with Crippen molar-refractivity contribution in [1.29, 1.82) is 0 Å². The first-order valence-corrected chi connectivity index (χ1v) is 10.5. The minimum atomic E-state index is -3.34. The number of sulfonamides is 1. The maximum atomic E-state index is 12.2. The van der Waals surface area contributed by atoms with Gasteiger partial charge in [0.2, 0.25) is 10.0 Å². The molecule has 1 atom stereocenters. The van der Waals surface area contributed by atoms with Crippen LogP contribution in [0.5, 0.6) is 0 Å². The van der Waals surface area contributed by atoms with E-state index in [4.69, 9.17) is 0 Å². The number of thiophene rings is 1. The fraction of sp³-hybridized carbons (Fsp3) is 0.636. The van der Waals surface area contributed by atoms with E-state index in [1.807, 2.05) is 36.6 Å². The zero-order valence-electron chi connectivity index (χ0n) is 10.7. The molecule has 0 aromatic carbocycles. The van der Waals surface area contributed by atoms with Gasteiger partial charge in [0.25, 0.3) is 0 Å². The number of thioether (sulfide) groups is 2. The van der Waals surface area contributed by atoms with Gasteiger partial charge in [-0.15, -0.1) is 11.3 Å². The molecule has 2 rings (SSSR count). The van der Waals surface area contributed by atoms with Gasteiger partial charge in [-0.2, -0.15) is 23.5 Å². The van der Waals surface area contributed by atoms with Crippen molar-refractivity contribution in [2.24, 2.45) is 0 Å². The van der Waals surface area contributed by atoms with Gasteiger partial charge in [-0.25, -0.2) is 13.1 Å². The van der Waals surface area contributed by atoms with Crippen molar-refractivity contribution in [1.82, 2.24) is 10.0 Å². The maximum absolute atomic E-state index is 12.2. The molecule has 0 spiro atoms. The van der Waals surface area contributed by atoms with Crippen molar-refractivity contribution in [2.75, 3.05) is 30.9 Å². The highest BCUT2D eigenvalue weighted by atomic mass is 32.2. The number of hydrogen-bond donors (Lipinski definition) is 2. The van der Waals surface area contributed by atoms with Gasteiger partial charge in [-0.05, 0) is 19.2 Å². The Morgan fingerprint density at radius 3 is 2.89 bits per heavy atom. The molecule has 108 valence electrons. The molecule has 0 amide bonds. The fourth-order valence-corrected chi connectivity index (χ4v) is 6.91. The molecule has 19 heavy (non-hydrogen) atoms. The van der Waals surface area contributed by atoms with Crippen LogP contribution in [0, 0.1) is 0 Å². The predicted molar refractivity (Wildman–Crippen MR) is 85.8 cm³/mol. The lowest BCUT2D eigenvalue weighted by Gasteiger charge is -2.20. The molecule has 2 N–H and O–H groups in total. The standard InChI is InChI=1S/C11H18N2O2S4/c1-12-6-9-2-3-11(18-9)19(14,15)13-7-10-8-16-4-5-17-10/h2-3,10,12-13H,4-8H2,1H3. The second kappa shape index (κ2) is 7.33. The fourth-order valence-electron chi connectivity index (χ4n) is 1.70. The molecule has 1 aromatic heterocycles. The molecule has 1 aromatic rings. The van der Waals surface area contributed by atoms with Crippen LogP contribution in [0.25, 0.3) is 0 Å². The Morgan fingerprint density at radius 1 is 1.37 bits per heavy atom. The van der Waals surface area contributed by atoms with Gasteiger partial charge < -0.3 is 5.32 Å². The van der Waals surface area contributed by atoms with E-state index < -0.39 is 10.0 Å². The van der Waals surface area contributed by atoms with Crippen molar-refractivity contribution < 1.29 is 8.42 Å². The third-order valence-electron chi connectivity index (χ3n) is 2.64. The zero-order chi connectivity index (χ0) is 13.7. The van der Waals surface area contributed by atoms with Crippen LogP contribution in [0.2, 0.25) is 0 Å². The molecule has 0 radical (unpaired) electrons. The van der Waals surface area contributed by atoms with Crippen LogP contribution in [0.1, 0.15) is 4.88 Å². The summed E-state index contributed by atoms with van der Waals surface area (Å²) >= 11 is 5.08. The quantitative estimate of drug-likeness (QED) is 0.825. The summed E-state index contributed by atoms with van der Waals surface area (Å²) < 4.78 is 27.4. The molecule has 8 heteroatoms. The van der Waals surface area contributed by atoms with Gasteiger partial charge in [-0.1, -0.05) is 0 Å². The topological polar surface area (TPSA) is 58.2 Å². The van der Waals surface area contributed by atoms with Crippen molar-refractivity contribution in [2.45, 2.75) is 16.0 Å². The van der Waals surface area contributed by atoms with Crippen molar-refractivity contribution in [3.8, 4) is 0 Å². The summed E-state index contributed by atoms with van der Waals surface area (Å²) in [6, 6.07) is 3.55. The molecule has 1 unspecified atom stereocenters. The van der Waals surface area contributed by atoms with Crippen molar-refractivity contribution >= 4 is 44.9 Å². The Balaban J connectivity index is 1.92. The highest BCUT2D eigenvalue weighted by Crippen LogP contribution is 2.25. The highest BCUT2D eigenvalue weighted by molar-refractivity contribution is 8.06. The average molecular weight is 339 g/mol. The van der Waals surface area contributed by atoms with Crippen molar-refractivity contribution in [3.63, 3.8) is 0 Å². The Morgan fingerprint density at radius 2 is 2.21 bits per heavy atom. The molecule has 1 fully saturated rings. The number of nitrogens with one attached hydrogen (secondary N) is 2. The molecule has 2 heterocycles. The molecular formula is C11H18N2O2S4. The number of hydrogen-bond acceptors (Lipinski definition) is 6. The Labute approximate surface area is 127 Å². The van der Waals surface area contributed by atoms with E-state index in [9.17, 15) is 8.42 Å². The Bertz CT molecular complexity index is 495. The van der Waals surface area contributed by atoms with Crippen LogP contribution >= 0.6 is 34.9 Å². The van der Waals surface area contributed by atoms with E-state index in [1.54, 1.807) is 6.07 Å². The lowest BCUT2D eigenvalue weighted by Crippen LogP contribution is -2.33. The highest BCUT2D eigenvalue weighted by Gasteiger charge is 2.20. The predicted octanol–water partition coefficient (Wildman–Crippen LogP) is 1.59. The minimum Gasteiger partial charge on any atom is -0.315 e. The molecule has 1 saturated heterocycles. The maximum Gasteiger partial charge on any atom is 0.250 e. The summed E-state index contributed by atoms with van der Waals surface area (Å²) in [6.07, 6.45) is 0. The van der Waals surface area contributed by atoms with Gasteiger partial charge >= 0.3 is 0 Å². The van der Waals surface area contributed by atoms with Gasteiger partial charge in [0.15, 0.2) is 0 Å². The van der Waals surface area contributed by atoms with Crippen LogP contribution < -0.4 is 10.0 Å². The third-order valence-corrected chi connectivity index (χ3v) is 8.48. The van der Waals surface area contributed by atoms with Crippen LogP contribution in [-0.2, 0) is 16.6 Å². The van der Waals surface area contributed by atoms with Crippen LogP contribution in [0.4, 0.5) is 0 Å². The van der Waals surface area contributed by atoms with Crippen molar-refractivity contribution in [3.05, 3.63) is 17.0 Å². The summed E-state index contributed by atoms with van der Waals surface area (Å²) in [6.45, 7) is 1.23. The van der Waals surface area contributed by atoms with E-state index in [2.05, 4.69) is 10.0 Å². The van der Waals surface area contributed by atoms with Crippen LogP contribution in [0.15, 0.2) is 16.3 Å². The molecule has 1 aliphatic heterocycles. The largest absolute Gasteiger partial charge is 0.315 e. The molecule has 4 nitrogen and oxygen atoms in total. The average Bonchev–Trinajstić information content (AvgIpc) is 2.88. The Kier molecular flexibility index (Phi) is 6.04. The monoisotopic (exact) mass is 338 g/mol. The number of rotatable bonds is 6. The summed E-state index contributed by atoms with van der Waals surface area (Å²) in [5.41, 5.74) is 0. The molecule has 0 saturated carbocycles. The lowest BCUT2D eigenvalue weighted by atomic mass is 10.5. The van der Waals surface area contributed by atoms with Gasteiger partial charge in [0.1, 0.15) is 4.21 Å². The van der Waals surface area contributed by atoms with Gasteiger partial charge in [0.05, 0.1) is 0 Å². The van der Waals surface area contributed by atoms with Crippen LogP contribution in [0.3, 0.4) is 0 Å². The molecule has 0 aliphatic carbocycles. The summed E-state index contributed by atoms with van der Waals surface area (Å²) in [7, 11) is -1.49. The SMILES string of the molecule is CNCc1ccc(S(=O)(=O)NCC2CSCCS2)s1. The zero-order valence-corrected chi connectivity index (χ0v) is 14.0. The van der Waals surface area contributed by atoms with Gasteiger partial charge in [0, 0.05) is 40.5 Å². The summed E-state index contributed by atoms with van der Waals surface area (Å²) in [5.74, 6) is 3.32. The second-order valence-corrected chi connectivity index (χ2v) is 9.89. The summed E-state index contributed by atoms with van der Waals surface area (Å²) in [4.78, 5) is 1.03. The van der Waals surface area contributed by atoms with E-state index in [0.717, 1.165) is 16.4 Å². The van der Waals surface area contributed by atoms with E-state index in [1.165, 1.54) is 17.1 Å². The van der Waals surface area contributed by atoms with Gasteiger partial charge in [-0.3, -0.25) is 0 Å². The third kappa shape index (κ3) is 4.64.